The Hall–Kier alpha value is -2.88. The molecule has 1 aliphatic heterocycles. The number of H-pyrrole nitrogens is 1. The van der Waals surface area contributed by atoms with E-state index in [1.807, 2.05) is 24.1 Å². The molecular weight excluding hydrogens is 466 g/mol. The normalized spacial score (nSPS) is 14.7. The van der Waals surface area contributed by atoms with E-state index < -0.39 is 0 Å². The lowest BCUT2D eigenvalue weighted by Crippen LogP contribution is -2.49. The van der Waals surface area contributed by atoms with Crippen LogP contribution in [0.3, 0.4) is 0 Å². The Morgan fingerprint density at radius 3 is 2.47 bits per heavy atom. The van der Waals surface area contributed by atoms with Crippen molar-refractivity contribution in [2.45, 2.75) is 33.7 Å². The summed E-state index contributed by atoms with van der Waals surface area (Å²) in [4.78, 5) is 43.9. The second-order valence-corrected chi connectivity index (χ2v) is 11.0. The van der Waals surface area contributed by atoms with Crippen LogP contribution in [0.5, 0.6) is 0 Å². The SMILES string of the molecule is Cc1ccc(-c2c(C)sc3nc(CN4CCN(C(=O)Cc5nc(C)cs5)CC4)[nH]c(=O)c23)cc1. The monoisotopic (exact) mass is 493 g/mol. The fourth-order valence-corrected chi connectivity index (χ4v) is 6.23. The van der Waals surface area contributed by atoms with Gasteiger partial charge in [-0.05, 0) is 26.3 Å². The molecule has 7 nitrogen and oxygen atoms in total. The number of carbonyl (C=O) groups excluding carboxylic acids is 1. The molecule has 0 spiro atoms. The molecule has 0 bridgehead atoms. The van der Waals surface area contributed by atoms with Crippen LogP contribution in [0.25, 0.3) is 21.3 Å². The van der Waals surface area contributed by atoms with Crippen molar-refractivity contribution < 1.29 is 4.79 Å². The van der Waals surface area contributed by atoms with Gasteiger partial charge < -0.3 is 9.88 Å². The first-order valence-electron chi connectivity index (χ1n) is 11.4. The number of carbonyl (C=O) groups is 1. The maximum absolute atomic E-state index is 13.1. The number of nitrogens with zero attached hydrogens (tertiary/aromatic N) is 4. The van der Waals surface area contributed by atoms with Gasteiger partial charge in [0.25, 0.3) is 5.56 Å². The first-order chi connectivity index (χ1) is 16.4. The summed E-state index contributed by atoms with van der Waals surface area (Å²) < 4.78 is 0. The number of benzene rings is 1. The highest BCUT2D eigenvalue weighted by molar-refractivity contribution is 7.19. The van der Waals surface area contributed by atoms with Gasteiger partial charge in [0.05, 0.1) is 18.4 Å². The summed E-state index contributed by atoms with van der Waals surface area (Å²) in [6, 6.07) is 8.26. The molecule has 1 aliphatic rings. The van der Waals surface area contributed by atoms with Crippen LogP contribution in [-0.4, -0.2) is 56.8 Å². The minimum absolute atomic E-state index is 0.0903. The molecule has 3 aromatic heterocycles. The van der Waals surface area contributed by atoms with E-state index in [0.29, 0.717) is 37.3 Å². The molecule has 1 N–H and O–H groups in total. The van der Waals surface area contributed by atoms with Crippen LogP contribution in [0.2, 0.25) is 0 Å². The van der Waals surface area contributed by atoms with Gasteiger partial charge in [0, 0.05) is 47.7 Å². The summed E-state index contributed by atoms with van der Waals surface area (Å²) in [6.07, 6.45) is 0.366. The molecule has 1 fully saturated rings. The average molecular weight is 494 g/mol. The Labute approximate surface area is 206 Å². The third-order valence-electron chi connectivity index (χ3n) is 6.19. The van der Waals surface area contributed by atoms with Gasteiger partial charge in [0.1, 0.15) is 15.7 Å². The van der Waals surface area contributed by atoms with E-state index >= 15 is 0 Å². The highest BCUT2D eigenvalue weighted by Crippen LogP contribution is 2.35. The second kappa shape index (κ2) is 9.40. The zero-order valence-electron chi connectivity index (χ0n) is 19.6. The number of piperazine rings is 1. The van der Waals surface area contributed by atoms with E-state index in [-0.39, 0.29) is 11.5 Å². The number of aromatic nitrogens is 3. The number of rotatable bonds is 5. The molecule has 4 heterocycles. The fraction of sp³-hybridized carbons (Fsp3) is 0.360. The number of aromatic amines is 1. The van der Waals surface area contributed by atoms with Crippen molar-refractivity contribution in [3.05, 3.63) is 67.0 Å². The molecule has 0 radical (unpaired) electrons. The number of hydrogen-bond donors (Lipinski definition) is 1. The summed E-state index contributed by atoms with van der Waals surface area (Å²) in [6.45, 7) is 9.46. The van der Waals surface area contributed by atoms with E-state index in [1.165, 1.54) is 16.9 Å². The molecular formula is C25H27N5O2S2. The Balaban J connectivity index is 1.27. The van der Waals surface area contributed by atoms with Crippen molar-refractivity contribution in [1.82, 2.24) is 24.8 Å². The number of thiazole rings is 1. The van der Waals surface area contributed by atoms with E-state index in [2.05, 4.69) is 46.1 Å². The minimum Gasteiger partial charge on any atom is -0.340 e. The van der Waals surface area contributed by atoms with Crippen LogP contribution >= 0.6 is 22.7 Å². The van der Waals surface area contributed by atoms with E-state index in [9.17, 15) is 9.59 Å². The van der Waals surface area contributed by atoms with Crippen LogP contribution in [-0.2, 0) is 17.8 Å². The summed E-state index contributed by atoms with van der Waals surface area (Å²) in [5, 5.41) is 3.52. The lowest BCUT2D eigenvalue weighted by atomic mass is 10.0. The summed E-state index contributed by atoms with van der Waals surface area (Å²) in [5.41, 5.74) is 4.08. The van der Waals surface area contributed by atoms with E-state index in [0.717, 1.165) is 44.6 Å². The third-order valence-corrected chi connectivity index (χ3v) is 8.16. The van der Waals surface area contributed by atoms with Crippen LogP contribution in [0.4, 0.5) is 0 Å². The van der Waals surface area contributed by atoms with Gasteiger partial charge in [0.15, 0.2) is 0 Å². The smallest absolute Gasteiger partial charge is 0.260 e. The zero-order chi connectivity index (χ0) is 23.8. The van der Waals surface area contributed by atoms with Gasteiger partial charge in [-0.3, -0.25) is 14.5 Å². The number of fused-ring (bicyclic) bond motifs is 1. The zero-order valence-corrected chi connectivity index (χ0v) is 21.2. The first-order valence-corrected chi connectivity index (χ1v) is 13.1. The predicted molar refractivity (Wildman–Crippen MR) is 138 cm³/mol. The van der Waals surface area contributed by atoms with Crippen LogP contribution in [0, 0.1) is 20.8 Å². The van der Waals surface area contributed by atoms with Crippen LogP contribution in [0.15, 0.2) is 34.4 Å². The highest BCUT2D eigenvalue weighted by Gasteiger charge is 2.23. The van der Waals surface area contributed by atoms with Gasteiger partial charge in [0.2, 0.25) is 5.91 Å². The largest absolute Gasteiger partial charge is 0.340 e. The highest BCUT2D eigenvalue weighted by atomic mass is 32.1. The molecule has 1 amide bonds. The Morgan fingerprint density at radius 2 is 1.79 bits per heavy atom. The van der Waals surface area contributed by atoms with Crippen molar-refractivity contribution >= 4 is 38.8 Å². The molecule has 9 heteroatoms. The lowest BCUT2D eigenvalue weighted by molar-refractivity contribution is -0.132. The molecule has 0 atom stereocenters. The van der Waals surface area contributed by atoms with Gasteiger partial charge in [-0.2, -0.15) is 0 Å². The van der Waals surface area contributed by atoms with Crippen molar-refractivity contribution in [3.63, 3.8) is 0 Å². The Kier molecular flexibility index (Phi) is 6.33. The van der Waals surface area contributed by atoms with Gasteiger partial charge in [-0.15, -0.1) is 22.7 Å². The van der Waals surface area contributed by atoms with Crippen molar-refractivity contribution in [2.24, 2.45) is 0 Å². The van der Waals surface area contributed by atoms with Crippen molar-refractivity contribution in [1.29, 1.82) is 0 Å². The number of thiophene rings is 1. The quantitative estimate of drug-likeness (QED) is 0.456. The number of nitrogens with one attached hydrogen (secondary N) is 1. The first kappa shape index (κ1) is 22.9. The van der Waals surface area contributed by atoms with Crippen LogP contribution in [0.1, 0.15) is 27.0 Å². The predicted octanol–water partition coefficient (Wildman–Crippen LogP) is 3.92. The molecule has 0 aliphatic carbocycles. The van der Waals surface area contributed by atoms with Gasteiger partial charge >= 0.3 is 0 Å². The summed E-state index contributed by atoms with van der Waals surface area (Å²) in [7, 11) is 0. The van der Waals surface area contributed by atoms with E-state index in [1.54, 1.807) is 11.3 Å². The standard InChI is InChI=1S/C25H27N5O2S2/c1-15-4-6-18(7-5-15)22-17(3)34-25-23(22)24(32)27-19(28-25)13-29-8-10-30(11-9-29)21(31)12-20-26-16(2)14-33-20/h4-7,14H,8-13H2,1-3H3,(H,27,28,32). The average Bonchev–Trinajstić information content (AvgIpc) is 3.37. The second-order valence-electron chi connectivity index (χ2n) is 8.81. The van der Waals surface area contributed by atoms with E-state index in [4.69, 9.17) is 4.98 Å². The van der Waals surface area contributed by atoms with Gasteiger partial charge in [-0.1, -0.05) is 29.8 Å². The van der Waals surface area contributed by atoms with Crippen molar-refractivity contribution in [2.75, 3.05) is 26.2 Å². The fourth-order valence-electron chi connectivity index (χ4n) is 4.40. The molecule has 5 rings (SSSR count). The molecule has 176 valence electrons. The molecule has 1 aromatic carbocycles. The molecule has 1 saturated heterocycles. The minimum atomic E-state index is -0.0903. The van der Waals surface area contributed by atoms with Crippen molar-refractivity contribution in [3.8, 4) is 11.1 Å². The summed E-state index contributed by atoms with van der Waals surface area (Å²) >= 11 is 3.11. The molecule has 0 saturated carbocycles. The maximum Gasteiger partial charge on any atom is 0.260 e. The molecule has 0 unspecified atom stereocenters. The third kappa shape index (κ3) is 4.68. The Morgan fingerprint density at radius 1 is 1.06 bits per heavy atom. The molecule has 4 aromatic rings. The maximum atomic E-state index is 13.1. The number of amides is 1. The summed E-state index contributed by atoms with van der Waals surface area (Å²) in [5.74, 6) is 0.798. The Bertz CT molecular complexity index is 1400. The lowest BCUT2D eigenvalue weighted by Gasteiger charge is -2.34. The topological polar surface area (TPSA) is 82.2 Å². The number of aryl methyl sites for hydroxylation is 3. The molecule has 34 heavy (non-hydrogen) atoms. The van der Waals surface area contributed by atoms with Crippen LogP contribution < -0.4 is 5.56 Å². The number of hydrogen-bond acceptors (Lipinski definition) is 7. The van der Waals surface area contributed by atoms with Gasteiger partial charge in [-0.25, -0.2) is 9.97 Å².